The first-order valence-electron chi connectivity index (χ1n) is 2.85. The summed E-state index contributed by atoms with van der Waals surface area (Å²) in [6, 6.07) is 0. The molecule has 0 aromatic carbocycles. The maximum atomic E-state index is 3.62. The van der Waals surface area contributed by atoms with Crippen LogP contribution in [0.4, 0.5) is 0 Å². The van der Waals surface area contributed by atoms with Gasteiger partial charge in [-0.3, -0.25) is 0 Å². The molecule has 0 aliphatic carbocycles. The van der Waals surface area contributed by atoms with Gasteiger partial charge in [-0.15, -0.1) is 10.2 Å². The third-order valence-corrected chi connectivity index (χ3v) is 0.607. The van der Waals surface area contributed by atoms with Crippen LogP contribution in [0.25, 0.3) is 0 Å². The largest absolute Gasteiger partial charge is 0.378 e. The summed E-state index contributed by atoms with van der Waals surface area (Å²) in [5, 5.41) is 12.8. The van der Waals surface area contributed by atoms with Crippen molar-refractivity contribution in [3.63, 3.8) is 0 Å². The third-order valence-electron chi connectivity index (χ3n) is 0.607. The first-order chi connectivity index (χ1) is 4.41. The molecule has 9 heavy (non-hydrogen) atoms. The van der Waals surface area contributed by atoms with Gasteiger partial charge in [-0.25, -0.2) is 0 Å². The molecule has 0 rings (SSSR count). The summed E-state index contributed by atoms with van der Waals surface area (Å²) in [7, 11) is 1.77. The zero-order chi connectivity index (χ0) is 6.95. The van der Waals surface area contributed by atoms with Crippen molar-refractivity contribution in [1.29, 1.82) is 0 Å². The summed E-state index contributed by atoms with van der Waals surface area (Å²) in [6.45, 7) is 2.87. The van der Waals surface area contributed by atoms with Crippen LogP contribution in [0.1, 0.15) is 6.92 Å². The average molecular weight is 128 g/mol. The Morgan fingerprint density at radius 3 is 2.56 bits per heavy atom. The Hall–Kier alpha value is -1.06. The highest BCUT2D eigenvalue weighted by molar-refractivity contribution is 5.57. The Kier molecular flexibility index (Phi) is 6.12. The highest BCUT2D eigenvalue weighted by atomic mass is 15.2. The molecule has 4 nitrogen and oxygen atoms in total. The van der Waals surface area contributed by atoms with Crippen LogP contribution >= 0.6 is 0 Å². The minimum atomic E-state index is 0.874. The van der Waals surface area contributed by atoms with Gasteiger partial charge >= 0.3 is 0 Å². The lowest BCUT2D eigenvalue weighted by atomic mass is 10.8. The van der Waals surface area contributed by atoms with E-state index in [1.165, 1.54) is 6.34 Å². The summed E-state index contributed by atoms with van der Waals surface area (Å²) in [4.78, 5) is 0. The zero-order valence-corrected chi connectivity index (χ0v) is 5.76. The molecule has 0 aromatic rings. The van der Waals surface area contributed by atoms with Gasteiger partial charge in [0.15, 0.2) is 0 Å². The Bertz CT molecular complexity index is 97.1. The van der Waals surface area contributed by atoms with E-state index in [4.69, 9.17) is 0 Å². The minimum absolute atomic E-state index is 0.874. The number of nitrogens with zero attached hydrogens (tertiary/aromatic N) is 2. The SMILES string of the molecule is CCN/C=N/N=C/NC. The summed E-state index contributed by atoms with van der Waals surface area (Å²) in [6.07, 6.45) is 3.06. The molecule has 0 saturated carbocycles. The lowest BCUT2D eigenvalue weighted by Crippen LogP contribution is -2.08. The molecule has 52 valence electrons. The second kappa shape index (κ2) is 6.94. The molecule has 0 fully saturated rings. The molecule has 0 spiro atoms. The summed E-state index contributed by atoms with van der Waals surface area (Å²) >= 11 is 0. The average Bonchev–Trinajstić information content (AvgIpc) is 1.89. The zero-order valence-electron chi connectivity index (χ0n) is 5.76. The van der Waals surface area contributed by atoms with E-state index in [1.54, 1.807) is 13.4 Å². The summed E-state index contributed by atoms with van der Waals surface area (Å²) in [5.41, 5.74) is 0. The normalized spacial score (nSPS) is 10.9. The van der Waals surface area contributed by atoms with Crippen LogP contribution in [0, 0.1) is 0 Å². The van der Waals surface area contributed by atoms with E-state index in [-0.39, 0.29) is 0 Å². The van der Waals surface area contributed by atoms with Gasteiger partial charge in [0.05, 0.1) is 0 Å². The second-order valence-electron chi connectivity index (χ2n) is 1.34. The van der Waals surface area contributed by atoms with Crippen LogP contribution in [0.3, 0.4) is 0 Å². The van der Waals surface area contributed by atoms with Crippen molar-refractivity contribution in [2.45, 2.75) is 6.92 Å². The first kappa shape index (κ1) is 7.94. The molecule has 0 bridgehead atoms. The summed E-state index contributed by atoms with van der Waals surface area (Å²) < 4.78 is 0. The molecule has 4 heteroatoms. The lowest BCUT2D eigenvalue weighted by molar-refractivity contribution is 0.976. The molecule has 2 N–H and O–H groups in total. The standard InChI is InChI=1S/C5H12N4/c1-3-7-5-9-8-4-6-2/h4-5H,3H2,1-2H3,(H,6,8)(H,7,9). The highest BCUT2D eigenvalue weighted by Crippen LogP contribution is 1.60. The molecule has 0 amide bonds. The monoisotopic (exact) mass is 128 g/mol. The molecule has 0 aliphatic rings. The van der Waals surface area contributed by atoms with Gasteiger partial charge in [0.1, 0.15) is 12.7 Å². The predicted octanol–water partition coefficient (Wildman–Crippen LogP) is -0.213. The molecule has 0 aromatic heterocycles. The lowest BCUT2D eigenvalue weighted by Gasteiger charge is -1.86. The Labute approximate surface area is 55.1 Å². The topological polar surface area (TPSA) is 48.8 Å². The molecule has 0 atom stereocenters. The van der Waals surface area contributed by atoms with Crippen molar-refractivity contribution in [3.05, 3.63) is 0 Å². The minimum Gasteiger partial charge on any atom is -0.378 e. The van der Waals surface area contributed by atoms with Crippen LogP contribution in [0.15, 0.2) is 10.2 Å². The fourth-order valence-corrected chi connectivity index (χ4v) is 0.257. The smallest absolute Gasteiger partial charge is 0.111 e. The van der Waals surface area contributed by atoms with Crippen molar-refractivity contribution in [3.8, 4) is 0 Å². The quantitative estimate of drug-likeness (QED) is 0.312. The fourth-order valence-electron chi connectivity index (χ4n) is 0.257. The van der Waals surface area contributed by atoms with Gasteiger partial charge in [-0.2, -0.15) is 0 Å². The molecule has 0 aliphatic heterocycles. The number of hydrogen-bond acceptors (Lipinski definition) is 2. The molecular weight excluding hydrogens is 116 g/mol. The van der Waals surface area contributed by atoms with Gasteiger partial charge in [0.25, 0.3) is 0 Å². The van der Waals surface area contributed by atoms with Gasteiger partial charge < -0.3 is 10.6 Å². The maximum Gasteiger partial charge on any atom is 0.111 e. The van der Waals surface area contributed by atoms with Gasteiger partial charge in [0.2, 0.25) is 0 Å². The maximum absolute atomic E-state index is 3.62. The van der Waals surface area contributed by atoms with Crippen LogP contribution in [0.5, 0.6) is 0 Å². The van der Waals surface area contributed by atoms with Crippen LogP contribution in [-0.4, -0.2) is 26.3 Å². The van der Waals surface area contributed by atoms with E-state index >= 15 is 0 Å². The van der Waals surface area contributed by atoms with Gasteiger partial charge in [-0.1, -0.05) is 0 Å². The van der Waals surface area contributed by atoms with E-state index in [0.29, 0.717) is 0 Å². The Morgan fingerprint density at radius 1 is 1.33 bits per heavy atom. The van der Waals surface area contributed by atoms with Crippen LogP contribution in [0.2, 0.25) is 0 Å². The van der Waals surface area contributed by atoms with E-state index in [1.807, 2.05) is 6.92 Å². The van der Waals surface area contributed by atoms with Crippen LogP contribution < -0.4 is 10.6 Å². The number of nitrogens with one attached hydrogen (secondary N) is 2. The van der Waals surface area contributed by atoms with Crippen molar-refractivity contribution in [1.82, 2.24) is 10.6 Å². The van der Waals surface area contributed by atoms with Crippen molar-refractivity contribution >= 4 is 12.7 Å². The first-order valence-corrected chi connectivity index (χ1v) is 2.85. The summed E-state index contributed by atoms with van der Waals surface area (Å²) in [5.74, 6) is 0. The van der Waals surface area contributed by atoms with Crippen molar-refractivity contribution in [2.24, 2.45) is 10.2 Å². The Balaban J connectivity index is 3.13. The van der Waals surface area contributed by atoms with E-state index in [0.717, 1.165) is 6.54 Å². The van der Waals surface area contributed by atoms with E-state index in [2.05, 4.69) is 20.8 Å². The van der Waals surface area contributed by atoms with Crippen molar-refractivity contribution < 1.29 is 0 Å². The Morgan fingerprint density at radius 2 is 2.00 bits per heavy atom. The fraction of sp³-hybridized carbons (Fsp3) is 0.600. The molecular formula is C5H12N4. The molecule has 0 heterocycles. The third kappa shape index (κ3) is 6.94. The highest BCUT2D eigenvalue weighted by Gasteiger charge is 1.64. The second-order valence-corrected chi connectivity index (χ2v) is 1.34. The van der Waals surface area contributed by atoms with E-state index < -0.39 is 0 Å². The van der Waals surface area contributed by atoms with Gasteiger partial charge in [-0.05, 0) is 6.92 Å². The molecule has 0 saturated heterocycles. The van der Waals surface area contributed by atoms with E-state index in [9.17, 15) is 0 Å². The van der Waals surface area contributed by atoms with Crippen molar-refractivity contribution in [2.75, 3.05) is 13.6 Å². The number of hydrogen-bond donors (Lipinski definition) is 2. The van der Waals surface area contributed by atoms with Crippen LogP contribution in [-0.2, 0) is 0 Å². The number of rotatable bonds is 4. The van der Waals surface area contributed by atoms with Gasteiger partial charge in [0, 0.05) is 13.6 Å². The molecule has 0 radical (unpaired) electrons. The predicted molar refractivity (Wildman–Crippen MR) is 39.7 cm³/mol. The molecule has 0 unspecified atom stereocenters.